The summed E-state index contributed by atoms with van der Waals surface area (Å²) in [6, 6.07) is 18.1. The molecule has 1 heterocycles. The highest BCUT2D eigenvalue weighted by molar-refractivity contribution is 6.04. The summed E-state index contributed by atoms with van der Waals surface area (Å²) in [5, 5.41) is 7.51. The van der Waals surface area contributed by atoms with Crippen molar-refractivity contribution in [2.45, 2.75) is 47.2 Å². The topological polar surface area (TPSA) is 50.2 Å². The van der Waals surface area contributed by atoms with Crippen molar-refractivity contribution < 1.29 is 4.79 Å². The van der Waals surface area contributed by atoms with Crippen LogP contribution in [0.4, 0.5) is 5.69 Å². The highest BCUT2D eigenvalue weighted by Gasteiger charge is 2.11. The van der Waals surface area contributed by atoms with Gasteiger partial charge < -0.3 is 5.32 Å². The van der Waals surface area contributed by atoms with Crippen molar-refractivity contribution in [3.05, 3.63) is 77.1 Å². The maximum atomic E-state index is 12.7. The average molecular weight is 391 g/mol. The van der Waals surface area contributed by atoms with E-state index in [2.05, 4.69) is 36.1 Å². The van der Waals surface area contributed by atoms with E-state index in [1.54, 1.807) is 0 Å². The number of aryl methyl sites for hydroxylation is 2. The third kappa shape index (κ3) is 5.12. The molecule has 5 nitrogen and oxygen atoms in total. The molecule has 1 aromatic heterocycles. The predicted molar refractivity (Wildman–Crippen MR) is 119 cm³/mol. The van der Waals surface area contributed by atoms with E-state index in [9.17, 15) is 4.79 Å². The molecule has 3 aromatic rings. The van der Waals surface area contributed by atoms with Gasteiger partial charge in [0.05, 0.1) is 11.4 Å². The van der Waals surface area contributed by atoms with Gasteiger partial charge in [-0.05, 0) is 76.2 Å². The minimum atomic E-state index is -0.113. The minimum Gasteiger partial charge on any atom is -0.322 e. The van der Waals surface area contributed by atoms with Crippen LogP contribution in [0.25, 0.3) is 5.69 Å². The molecule has 0 aliphatic rings. The van der Waals surface area contributed by atoms with E-state index >= 15 is 0 Å². The van der Waals surface area contributed by atoms with Crippen molar-refractivity contribution in [3.8, 4) is 5.69 Å². The number of amides is 1. The van der Waals surface area contributed by atoms with Crippen LogP contribution in [0, 0.1) is 13.8 Å². The Kier molecular flexibility index (Phi) is 6.49. The van der Waals surface area contributed by atoms with E-state index in [4.69, 9.17) is 0 Å². The Labute approximate surface area is 173 Å². The number of nitrogens with one attached hydrogen (secondary N) is 1. The molecule has 0 aliphatic carbocycles. The highest BCUT2D eigenvalue weighted by atomic mass is 16.1. The van der Waals surface area contributed by atoms with E-state index in [0.717, 1.165) is 35.9 Å². The summed E-state index contributed by atoms with van der Waals surface area (Å²) >= 11 is 0. The molecule has 29 heavy (non-hydrogen) atoms. The quantitative estimate of drug-likeness (QED) is 0.619. The first kappa shape index (κ1) is 20.8. The second kappa shape index (κ2) is 9.05. The van der Waals surface area contributed by atoms with Crippen molar-refractivity contribution >= 4 is 11.6 Å². The molecule has 1 N–H and O–H groups in total. The molecule has 0 saturated heterocycles. The lowest BCUT2D eigenvalue weighted by Gasteiger charge is -2.24. The number of hydrogen-bond acceptors (Lipinski definition) is 3. The summed E-state index contributed by atoms with van der Waals surface area (Å²) in [5.41, 5.74) is 5.57. The maximum absolute atomic E-state index is 12.7. The molecule has 0 spiro atoms. The first-order valence-corrected chi connectivity index (χ1v) is 10.2. The summed E-state index contributed by atoms with van der Waals surface area (Å²) in [6.45, 7) is 12.5. The van der Waals surface area contributed by atoms with Gasteiger partial charge >= 0.3 is 0 Å². The number of carbonyl (C=O) groups excluding carboxylic acids is 1. The van der Waals surface area contributed by atoms with Crippen LogP contribution in [0.1, 0.15) is 48.1 Å². The van der Waals surface area contributed by atoms with Gasteiger partial charge in [0.2, 0.25) is 0 Å². The van der Waals surface area contributed by atoms with Gasteiger partial charge in [0.25, 0.3) is 5.91 Å². The van der Waals surface area contributed by atoms with Crippen LogP contribution in [0.15, 0.2) is 54.6 Å². The third-order valence-corrected chi connectivity index (χ3v) is 5.10. The van der Waals surface area contributed by atoms with E-state index < -0.39 is 0 Å². The zero-order chi connectivity index (χ0) is 21.0. The number of aromatic nitrogens is 2. The smallest absolute Gasteiger partial charge is 0.255 e. The fraction of sp³-hybridized carbons (Fsp3) is 0.333. The largest absolute Gasteiger partial charge is 0.322 e. The molecule has 0 radical (unpaired) electrons. The molecular formula is C24H30N4O. The molecule has 0 atom stereocenters. The maximum Gasteiger partial charge on any atom is 0.255 e. The normalized spacial score (nSPS) is 11.3. The zero-order valence-corrected chi connectivity index (χ0v) is 17.9. The van der Waals surface area contributed by atoms with Gasteiger partial charge in [-0.3, -0.25) is 9.69 Å². The Hall–Kier alpha value is -2.92. The Morgan fingerprint density at radius 3 is 2.41 bits per heavy atom. The zero-order valence-electron chi connectivity index (χ0n) is 17.9. The Morgan fingerprint density at radius 1 is 1.10 bits per heavy atom. The van der Waals surface area contributed by atoms with Gasteiger partial charge in [-0.25, -0.2) is 4.68 Å². The van der Waals surface area contributed by atoms with Gasteiger partial charge in [-0.15, -0.1) is 0 Å². The van der Waals surface area contributed by atoms with Crippen molar-refractivity contribution in [2.75, 3.05) is 11.9 Å². The first-order valence-electron chi connectivity index (χ1n) is 10.2. The monoisotopic (exact) mass is 390 g/mol. The number of carbonyl (C=O) groups is 1. The molecule has 0 fully saturated rings. The summed E-state index contributed by atoms with van der Waals surface area (Å²) in [6.07, 6.45) is 0. The fourth-order valence-electron chi connectivity index (χ4n) is 3.46. The standard InChI is InChI=1S/C24H30N4O/c1-6-27(17(2)3)16-20-10-12-21(13-11-20)24(29)25-22-8-7-9-23(15-22)28-19(5)14-18(4)26-28/h7-15,17H,6,16H2,1-5H3,(H,25,29). The number of rotatable bonds is 7. The minimum absolute atomic E-state index is 0.113. The summed E-state index contributed by atoms with van der Waals surface area (Å²) in [4.78, 5) is 15.1. The van der Waals surface area contributed by atoms with Crippen molar-refractivity contribution in [3.63, 3.8) is 0 Å². The number of benzene rings is 2. The van der Waals surface area contributed by atoms with Crippen LogP contribution < -0.4 is 5.32 Å². The van der Waals surface area contributed by atoms with Crippen LogP contribution in [-0.2, 0) is 6.54 Å². The number of nitrogens with zero attached hydrogens (tertiary/aromatic N) is 3. The fourth-order valence-corrected chi connectivity index (χ4v) is 3.46. The summed E-state index contributed by atoms with van der Waals surface area (Å²) in [5.74, 6) is -0.113. The van der Waals surface area contributed by atoms with Crippen LogP contribution >= 0.6 is 0 Å². The number of anilines is 1. The van der Waals surface area contributed by atoms with Crippen molar-refractivity contribution in [1.82, 2.24) is 14.7 Å². The van der Waals surface area contributed by atoms with Gasteiger partial charge in [-0.2, -0.15) is 5.10 Å². The SMILES string of the molecule is CCN(Cc1ccc(C(=O)Nc2cccc(-n3nc(C)cc3C)c2)cc1)C(C)C. The molecule has 0 bridgehead atoms. The van der Waals surface area contributed by atoms with Gasteiger partial charge in [-0.1, -0.05) is 25.1 Å². The predicted octanol–water partition coefficient (Wildman–Crippen LogP) is 4.97. The van der Waals surface area contributed by atoms with Crippen LogP contribution in [0.2, 0.25) is 0 Å². The lowest BCUT2D eigenvalue weighted by atomic mass is 10.1. The first-order chi connectivity index (χ1) is 13.9. The van der Waals surface area contributed by atoms with E-state index in [1.807, 2.05) is 73.1 Å². The van der Waals surface area contributed by atoms with E-state index in [0.29, 0.717) is 11.6 Å². The van der Waals surface area contributed by atoms with Crippen LogP contribution in [0.3, 0.4) is 0 Å². The van der Waals surface area contributed by atoms with Crippen LogP contribution in [0.5, 0.6) is 0 Å². The van der Waals surface area contributed by atoms with Gasteiger partial charge in [0.15, 0.2) is 0 Å². The molecule has 1 amide bonds. The van der Waals surface area contributed by atoms with Gasteiger partial charge in [0, 0.05) is 29.5 Å². The molecule has 5 heteroatoms. The van der Waals surface area contributed by atoms with E-state index in [-0.39, 0.29) is 5.91 Å². The van der Waals surface area contributed by atoms with Crippen molar-refractivity contribution in [1.29, 1.82) is 0 Å². The lowest BCUT2D eigenvalue weighted by Crippen LogP contribution is -2.29. The van der Waals surface area contributed by atoms with Gasteiger partial charge in [0.1, 0.15) is 0 Å². The van der Waals surface area contributed by atoms with Crippen molar-refractivity contribution in [2.24, 2.45) is 0 Å². The second-order valence-electron chi connectivity index (χ2n) is 7.70. The van der Waals surface area contributed by atoms with Crippen LogP contribution in [-0.4, -0.2) is 33.2 Å². The molecule has 152 valence electrons. The van der Waals surface area contributed by atoms with E-state index in [1.165, 1.54) is 5.56 Å². The highest BCUT2D eigenvalue weighted by Crippen LogP contribution is 2.18. The molecule has 0 unspecified atom stereocenters. The molecule has 0 aliphatic heterocycles. The number of hydrogen-bond donors (Lipinski definition) is 1. The Balaban J connectivity index is 1.70. The average Bonchev–Trinajstić information content (AvgIpc) is 3.04. The third-order valence-electron chi connectivity index (χ3n) is 5.10. The molecular weight excluding hydrogens is 360 g/mol. The summed E-state index contributed by atoms with van der Waals surface area (Å²) in [7, 11) is 0. The molecule has 3 rings (SSSR count). The molecule has 2 aromatic carbocycles. The lowest BCUT2D eigenvalue weighted by molar-refractivity contribution is 0.102. The Morgan fingerprint density at radius 2 is 1.83 bits per heavy atom. The second-order valence-corrected chi connectivity index (χ2v) is 7.70. The Bertz CT molecular complexity index is 973. The summed E-state index contributed by atoms with van der Waals surface area (Å²) < 4.78 is 1.88. The molecule has 0 saturated carbocycles.